The average Bonchev–Trinajstić information content (AvgIpc) is 3.34. The Hall–Kier alpha value is -2.72. The van der Waals surface area contributed by atoms with Crippen LogP contribution in [0.25, 0.3) is 0 Å². The van der Waals surface area contributed by atoms with Crippen molar-refractivity contribution in [3.8, 4) is 0 Å². The van der Waals surface area contributed by atoms with Crippen molar-refractivity contribution in [2.24, 2.45) is 5.92 Å². The van der Waals surface area contributed by atoms with Crippen molar-refractivity contribution in [3.63, 3.8) is 0 Å². The topological polar surface area (TPSA) is 189 Å². The van der Waals surface area contributed by atoms with Gasteiger partial charge in [-0.25, -0.2) is 0 Å². The molecule has 7 N–H and O–H groups in total. The number of hydrogen-bond acceptors (Lipinski definition) is 10. The van der Waals surface area contributed by atoms with Crippen molar-refractivity contribution >= 4 is 25.8 Å². The molecule has 2 aromatic carbocycles. The van der Waals surface area contributed by atoms with Crippen molar-refractivity contribution < 1.29 is 49.4 Å². The second-order valence-electron chi connectivity index (χ2n) is 13.4. The van der Waals surface area contributed by atoms with E-state index in [2.05, 4.69) is 12.2 Å². The van der Waals surface area contributed by atoms with Crippen LogP contribution in [0, 0.1) is 5.92 Å². The van der Waals surface area contributed by atoms with E-state index in [0.717, 1.165) is 16.7 Å². The van der Waals surface area contributed by atoms with Crippen LogP contribution < -0.4 is 5.32 Å². The Labute approximate surface area is 269 Å². The molecule has 46 heavy (non-hydrogen) atoms. The molecule has 2 saturated heterocycles. The number of hydrogen-bond donors (Lipinski definition) is 7. The number of carbonyl (C=O) groups excluding carboxylic acids is 2. The second kappa shape index (κ2) is 14.2. The molecule has 0 aliphatic carbocycles. The lowest BCUT2D eigenvalue weighted by atomic mass is 9.93. The van der Waals surface area contributed by atoms with E-state index in [1.54, 1.807) is 23.1 Å². The second-order valence-corrected chi connectivity index (χ2v) is 17.4. The van der Waals surface area contributed by atoms with Crippen molar-refractivity contribution in [1.29, 1.82) is 0 Å². The van der Waals surface area contributed by atoms with Crippen LogP contribution in [0.5, 0.6) is 0 Å². The van der Waals surface area contributed by atoms with E-state index in [4.69, 9.17) is 9.47 Å². The number of carbonyl (C=O) groups is 2. The molecule has 0 unspecified atom stereocenters. The minimum absolute atomic E-state index is 0.00113. The van der Waals surface area contributed by atoms with Crippen molar-refractivity contribution in [2.75, 3.05) is 11.9 Å². The van der Waals surface area contributed by atoms with Gasteiger partial charge in [-0.15, -0.1) is 0 Å². The number of rotatable bonds is 9. The summed E-state index contributed by atoms with van der Waals surface area (Å²) in [6.07, 6.45) is -7.37. The lowest BCUT2D eigenvalue weighted by Gasteiger charge is -2.37. The number of nitrogens with one attached hydrogen (secondary N) is 1. The number of anilines is 1. The maximum atomic E-state index is 13.7. The van der Waals surface area contributed by atoms with Crippen LogP contribution in [0.1, 0.15) is 36.5 Å². The molecule has 0 radical (unpaired) electrons. The molecule has 10 atom stereocenters. The molecular formula is C33H46N2O10Si. The van der Waals surface area contributed by atoms with Gasteiger partial charge in [-0.05, 0) is 67.1 Å². The van der Waals surface area contributed by atoms with Crippen LogP contribution in [0.2, 0.25) is 18.6 Å². The number of aliphatic hydroxyl groups excluding tert-OH is 5. The Balaban J connectivity index is 1.22. The van der Waals surface area contributed by atoms with Gasteiger partial charge in [-0.1, -0.05) is 43.3 Å². The number of aryl methyl sites for hydroxylation is 1. The molecule has 12 nitrogen and oxygen atoms in total. The number of fused-ring (bicyclic) bond motifs is 1. The van der Waals surface area contributed by atoms with Gasteiger partial charge in [0.1, 0.15) is 18.3 Å². The fraction of sp³-hybridized carbons (Fsp3) is 0.576. The molecule has 2 fully saturated rings. The van der Waals surface area contributed by atoms with E-state index < -0.39 is 51.0 Å². The van der Waals surface area contributed by atoms with E-state index in [1.807, 2.05) is 43.4 Å². The van der Waals surface area contributed by atoms with E-state index in [1.165, 1.54) is 0 Å². The fourth-order valence-corrected chi connectivity index (χ4v) is 9.95. The summed E-state index contributed by atoms with van der Waals surface area (Å²) >= 11 is 0. The van der Waals surface area contributed by atoms with Gasteiger partial charge >= 0.3 is 0 Å². The lowest BCUT2D eigenvalue weighted by Crippen LogP contribution is -2.60. The van der Waals surface area contributed by atoms with Gasteiger partial charge in [-0.2, -0.15) is 0 Å². The molecule has 2 aromatic rings. The first-order valence-electron chi connectivity index (χ1n) is 15.9. The van der Waals surface area contributed by atoms with Gasteiger partial charge < -0.3 is 50.0 Å². The largest absolute Gasteiger partial charge is 0.432 e. The van der Waals surface area contributed by atoms with Gasteiger partial charge in [0, 0.05) is 17.8 Å². The highest BCUT2D eigenvalue weighted by molar-refractivity contribution is 6.71. The highest BCUT2D eigenvalue weighted by Crippen LogP contribution is 2.46. The summed E-state index contributed by atoms with van der Waals surface area (Å²) < 4.78 is 11.6. The third kappa shape index (κ3) is 7.38. The molecule has 0 spiro atoms. The summed E-state index contributed by atoms with van der Waals surface area (Å²) in [7, 11) is -2.74. The lowest BCUT2D eigenvalue weighted by molar-refractivity contribution is -0.274. The summed E-state index contributed by atoms with van der Waals surface area (Å²) in [5.74, 6) is -0.880. The predicted octanol–water partition coefficient (Wildman–Crippen LogP) is 0.665. The number of benzene rings is 2. The Bertz CT molecular complexity index is 1390. The van der Waals surface area contributed by atoms with Gasteiger partial charge in [0.05, 0.1) is 31.3 Å². The summed E-state index contributed by atoms with van der Waals surface area (Å²) in [6, 6.07) is 14.7. The Morgan fingerprint density at radius 3 is 2.37 bits per heavy atom. The Morgan fingerprint density at radius 1 is 0.957 bits per heavy atom. The molecule has 13 heteroatoms. The SMILES string of the molecule is C[C@H]1[C@H]([Si](C)(C)O)[C@@H](CC(=O)N2Cc3ccccc3C[C@H]2CO)O[C@H]1CCc1cccc(NC(=O)[C@H]2O[C@@H](O)[C@H](O)[C@@H](O)[C@@H]2O)c1. The number of nitrogens with zero attached hydrogens (tertiary/aromatic N) is 1. The number of ether oxygens (including phenoxy) is 2. The monoisotopic (exact) mass is 658 g/mol. The molecule has 0 bridgehead atoms. The van der Waals surface area contributed by atoms with Crippen molar-refractivity contribution in [3.05, 3.63) is 65.2 Å². The zero-order valence-electron chi connectivity index (χ0n) is 26.4. The zero-order valence-corrected chi connectivity index (χ0v) is 27.4. The minimum atomic E-state index is -2.74. The van der Waals surface area contributed by atoms with Crippen molar-refractivity contribution in [2.45, 2.75) is 107 Å². The highest BCUT2D eigenvalue weighted by atomic mass is 28.4. The van der Waals surface area contributed by atoms with Gasteiger partial charge in [-0.3, -0.25) is 9.59 Å². The maximum absolute atomic E-state index is 13.7. The molecule has 252 valence electrons. The van der Waals surface area contributed by atoms with Crippen LogP contribution >= 0.6 is 0 Å². The summed E-state index contributed by atoms with van der Waals surface area (Å²) in [5, 5.41) is 52.3. The fourth-order valence-electron chi connectivity index (χ4n) is 7.34. The van der Waals surface area contributed by atoms with E-state index in [9.17, 15) is 39.9 Å². The van der Waals surface area contributed by atoms with Crippen molar-refractivity contribution in [1.82, 2.24) is 4.90 Å². The van der Waals surface area contributed by atoms with Gasteiger partial charge in [0.25, 0.3) is 5.91 Å². The summed E-state index contributed by atoms with van der Waals surface area (Å²) in [6.45, 7) is 6.11. The van der Waals surface area contributed by atoms with Crippen LogP contribution in [0.3, 0.4) is 0 Å². The van der Waals surface area contributed by atoms with Gasteiger partial charge in [0.2, 0.25) is 5.91 Å². The smallest absolute Gasteiger partial charge is 0.256 e. The van der Waals surface area contributed by atoms with E-state index in [-0.39, 0.29) is 42.5 Å². The molecule has 3 heterocycles. The Morgan fingerprint density at radius 2 is 1.67 bits per heavy atom. The number of amides is 2. The van der Waals surface area contributed by atoms with Gasteiger partial charge in [0.15, 0.2) is 20.7 Å². The quantitative estimate of drug-likeness (QED) is 0.189. The highest BCUT2D eigenvalue weighted by Gasteiger charge is 2.51. The third-order valence-corrected chi connectivity index (χ3v) is 12.3. The molecule has 0 aromatic heterocycles. The average molecular weight is 659 g/mol. The predicted molar refractivity (Wildman–Crippen MR) is 170 cm³/mol. The summed E-state index contributed by atoms with van der Waals surface area (Å²) in [5.41, 5.74) is 3.36. The standard InChI is InChI=1S/C33H46N2O10Si/c1-18-24(12-11-19-7-6-10-22(13-19)34-32(41)30-28(39)27(38)29(40)33(42)45-30)44-25(31(18)46(2,3)43)15-26(37)35-16-21-9-5-4-8-20(21)14-23(35)17-36/h4-10,13,18,23-25,27-31,33,36,38-40,42-43H,11-12,14-17H2,1-3H3,(H,34,41)/t18-,23+,24+,25-,27+,28+,29-,30+,31+,33-/m1/s1. The molecule has 3 aliphatic heterocycles. The summed E-state index contributed by atoms with van der Waals surface area (Å²) in [4.78, 5) is 39.5. The first kappa shape index (κ1) is 34.6. The molecule has 5 rings (SSSR count). The van der Waals surface area contributed by atoms with Crippen LogP contribution in [-0.4, -0.2) is 111 Å². The molecule has 0 saturated carbocycles. The zero-order chi connectivity index (χ0) is 33.3. The Kier molecular flexibility index (Phi) is 10.7. The number of aliphatic hydroxyl groups is 5. The molecule has 3 aliphatic rings. The van der Waals surface area contributed by atoms with Crippen LogP contribution in [-0.2, 0) is 38.4 Å². The first-order chi connectivity index (χ1) is 21.8. The third-order valence-electron chi connectivity index (χ3n) is 9.74. The molecule has 2 amide bonds. The molecular weight excluding hydrogens is 612 g/mol. The van der Waals surface area contributed by atoms with E-state index in [0.29, 0.717) is 31.5 Å². The van der Waals surface area contributed by atoms with Crippen LogP contribution in [0.15, 0.2) is 48.5 Å². The van der Waals surface area contributed by atoms with Crippen LogP contribution in [0.4, 0.5) is 5.69 Å². The first-order valence-corrected chi connectivity index (χ1v) is 18.9. The minimum Gasteiger partial charge on any atom is -0.432 e. The maximum Gasteiger partial charge on any atom is 0.256 e. The normalized spacial score (nSPS) is 33.0. The van der Waals surface area contributed by atoms with E-state index >= 15 is 0 Å².